The maximum Gasteiger partial charge on any atom is 0.123 e. The van der Waals surface area contributed by atoms with E-state index in [1.165, 1.54) is 11.1 Å². The molecular formula is C13H18O2. The largest absolute Gasteiger partial charge is 0.488 e. The SMILES string of the molecule is Cc1cccc(OC2CCCOC2)c1C. The fourth-order valence-electron chi connectivity index (χ4n) is 1.84. The molecule has 82 valence electrons. The maximum atomic E-state index is 5.94. The monoisotopic (exact) mass is 206 g/mol. The summed E-state index contributed by atoms with van der Waals surface area (Å²) >= 11 is 0. The summed E-state index contributed by atoms with van der Waals surface area (Å²) in [5.41, 5.74) is 2.52. The van der Waals surface area contributed by atoms with Crippen molar-refractivity contribution in [2.75, 3.05) is 13.2 Å². The van der Waals surface area contributed by atoms with Crippen molar-refractivity contribution in [3.63, 3.8) is 0 Å². The Kier molecular flexibility index (Phi) is 3.27. The van der Waals surface area contributed by atoms with E-state index >= 15 is 0 Å². The van der Waals surface area contributed by atoms with Gasteiger partial charge in [0.05, 0.1) is 6.61 Å². The predicted molar refractivity (Wildman–Crippen MR) is 60.4 cm³/mol. The lowest BCUT2D eigenvalue weighted by molar-refractivity contribution is 0.00713. The van der Waals surface area contributed by atoms with Gasteiger partial charge in [0.25, 0.3) is 0 Å². The van der Waals surface area contributed by atoms with E-state index in [0.29, 0.717) is 0 Å². The minimum atomic E-state index is 0.235. The zero-order valence-electron chi connectivity index (χ0n) is 9.45. The van der Waals surface area contributed by atoms with Crippen LogP contribution >= 0.6 is 0 Å². The van der Waals surface area contributed by atoms with Gasteiger partial charge in [-0.05, 0) is 43.9 Å². The molecule has 1 atom stereocenters. The fraction of sp³-hybridized carbons (Fsp3) is 0.538. The van der Waals surface area contributed by atoms with Crippen LogP contribution in [0.5, 0.6) is 5.75 Å². The normalized spacial score (nSPS) is 21.3. The van der Waals surface area contributed by atoms with E-state index in [4.69, 9.17) is 9.47 Å². The summed E-state index contributed by atoms with van der Waals surface area (Å²) in [4.78, 5) is 0. The van der Waals surface area contributed by atoms with Gasteiger partial charge in [-0.3, -0.25) is 0 Å². The Morgan fingerprint density at radius 1 is 1.33 bits per heavy atom. The highest BCUT2D eigenvalue weighted by molar-refractivity contribution is 5.38. The summed E-state index contributed by atoms with van der Waals surface area (Å²) in [5.74, 6) is 1.01. The molecule has 1 saturated heterocycles. The Morgan fingerprint density at radius 3 is 2.93 bits per heavy atom. The first-order valence-corrected chi connectivity index (χ1v) is 5.58. The van der Waals surface area contributed by atoms with Crippen molar-refractivity contribution in [2.45, 2.75) is 32.8 Å². The van der Waals surface area contributed by atoms with Crippen molar-refractivity contribution in [3.05, 3.63) is 29.3 Å². The molecule has 1 aliphatic heterocycles. The standard InChI is InChI=1S/C13H18O2/c1-10-5-3-7-13(11(10)2)15-12-6-4-8-14-9-12/h3,5,7,12H,4,6,8-9H2,1-2H3. The third-order valence-corrected chi connectivity index (χ3v) is 2.97. The lowest BCUT2D eigenvalue weighted by Crippen LogP contribution is -2.28. The van der Waals surface area contributed by atoms with Crippen LogP contribution in [0.4, 0.5) is 0 Å². The average Bonchev–Trinajstić information content (AvgIpc) is 2.26. The second-order valence-electron chi connectivity index (χ2n) is 4.16. The number of rotatable bonds is 2. The molecule has 0 aromatic heterocycles. The Balaban J connectivity index is 2.06. The zero-order valence-corrected chi connectivity index (χ0v) is 9.45. The van der Waals surface area contributed by atoms with Gasteiger partial charge in [0.2, 0.25) is 0 Å². The van der Waals surface area contributed by atoms with Gasteiger partial charge >= 0.3 is 0 Å². The molecule has 1 aromatic rings. The second kappa shape index (κ2) is 4.67. The first-order chi connectivity index (χ1) is 7.27. The van der Waals surface area contributed by atoms with Crippen molar-refractivity contribution < 1.29 is 9.47 Å². The van der Waals surface area contributed by atoms with Crippen LogP contribution in [-0.4, -0.2) is 19.3 Å². The summed E-state index contributed by atoms with van der Waals surface area (Å²) < 4.78 is 11.3. The van der Waals surface area contributed by atoms with E-state index < -0.39 is 0 Å². The number of aryl methyl sites for hydroxylation is 1. The molecule has 2 heteroatoms. The summed E-state index contributed by atoms with van der Waals surface area (Å²) in [5, 5.41) is 0. The molecule has 0 bridgehead atoms. The summed E-state index contributed by atoms with van der Waals surface area (Å²) in [6.07, 6.45) is 2.45. The van der Waals surface area contributed by atoms with Crippen LogP contribution in [0.3, 0.4) is 0 Å². The quantitative estimate of drug-likeness (QED) is 0.740. The third kappa shape index (κ3) is 2.51. The van der Waals surface area contributed by atoms with Crippen LogP contribution in [0.15, 0.2) is 18.2 Å². The smallest absolute Gasteiger partial charge is 0.123 e. The molecule has 1 fully saturated rings. The number of hydrogen-bond donors (Lipinski definition) is 0. The Morgan fingerprint density at radius 2 is 2.20 bits per heavy atom. The molecule has 0 spiro atoms. The van der Waals surface area contributed by atoms with Gasteiger partial charge in [0.1, 0.15) is 11.9 Å². The fourth-order valence-corrected chi connectivity index (χ4v) is 1.84. The molecule has 2 nitrogen and oxygen atoms in total. The molecule has 1 heterocycles. The van der Waals surface area contributed by atoms with Crippen LogP contribution in [0.2, 0.25) is 0 Å². The van der Waals surface area contributed by atoms with Gasteiger partial charge in [-0.2, -0.15) is 0 Å². The molecule has 15 heavy (non-hydrogen) atoms. The molecule has 0 amide bonds. The van der Waals surface area contributed by atoms with Crippen molar-refractivity contribution in [1.29, 1.82) is 0 Å². The highest BCUT2D eigenvalue weighted by atomic mass is 16.5. The first kappa shape index (κ1) is 10.5. The van der Waals surface area contributed by atoms with E-state index in [0.717, 1.165) is 31.8 Å². The minimum absolute atomic E-state index is 0.235. The van der Waals surface area contributed by atoms with Gasteiger partial charge in [0, 0.05) is 6.61 Å². The Bertz CT molecular complexity index is 327. The molecule has 2 rings (SSSR count). The lowest BCUT2D eigenvalue weighted by Gasteiger charge is -2.24. The van der Waals surface area contributed by atoms with Gasteiger partial charge in [0.15, 0.2) is 0 Å². The highest BCUT2D eigenvalue weighted by Gasteiger charge is 2.16. The number of benzene rings is 1. The van der Waals surface area contributed by atoms with Gasteiger partial charge in [-0.15, -0.1) is 0 Å². The molecule has 0 saturated carbocycles. The number of hydrogen-bond acceptors (Lipinski definition) is 2. The predicted octanol–water partition coefficient (Wildman–Crippen LogP) is 2.86. The third-order valence-electron chi connectivity index (χ3n) is 2.97. The molecule has 1 unspecified atom stereocenters. The lowest BCUT2D eigenvalue weighted by atomic mass is 10.1. The first-order valence-electron chi connectivity index (χ1n) is 5.58. The van der Waals surface area contributed by atoms with E-state index in [-0.39, 0.29) is 6.10 Å². The van der Waals surface area contributed by atoms with Crippen LogP contribution in [-0.2, 0) is 4.74 Å². The highest BCUT2D eigenvalue weighted by Crippen LogP contribution is 2.23. The van der Waals surface area contributed by atoms with E-state index in [9.17, 15) is 0 Å². The zero-order chi connectivity index (χ0) is 10.7. The topological polar surface area (TPSA) is 18.5 Å². The minimum Gasteiger partial charge on any atom is -0.488 e. The Hall–Kier alpha value is -1.02. The van der Waals surface area contributed by atoms with Crippen LogP contribution in [0, 0.1) is 13.8 Å². The summed E-state index contributed by atoms with van der Waals surface area (Å²) in [6.45, 7) is 5.83. The van der Waals surface area contributed by atoms with Gasteiger partial charge in [-0.25, -0.2) is 0 Å². The van der Waals surface area contributed by atoms with Crippen LogP contribution in [0.25, 0.3) is 0 Å². The number of ether oxygens (including phenoxy) is 2. The summed E-state index contributed by atoms with van der Waals surface area (Å²) in [7, 11) is 0. The molecule has 0 radical (unpaired) electrons. The second-order valence-corrected chi connectivity index (χ2v) is 4.16. The molecule has 0 aliphatic carbocycles. The van der Waals surface area contributed by atoms with Crippen molar-refractivity contribution in [2.24, 2.45) is 0 Å². The molecule has 0 N–H and O–H groups in total. The average molecular weight is 206 g/mol. The van der Waals surface area contributed by atoms with Crippen LogP contribution < -0.4 is 4.74 Å². The maximum absolute atomic E-state index is 5.94. The van der Waals surface area contributed by atoms with Crippen molar-refractivity contribution >= 4 is 0 Å². The van der Waals surface area contributed by atoms with Crippen molar-refractivity contribution in [3.8, 4) is 5.75 Å². The Labute approximate surface area is 91.2 Å². The van der Waals surface area contributed by atoms with Gasteiger partial charge in [-0.1, -0.05) is 12.1 Å². The van der Waals surface area contributed by atoms with Crippen LogP contribution in [0.1, 0.15) is 24.0 Å². The van der Waals surface area contributed by atoms with E-state index in [1.807, 2.05) is 12.1 Å². The van der Waals surface area contributed by atoms with E-state index in [1.54, 1.807) is 0 Å². The molecular weight excluding hydrogens is 188 g/mol. The molecule has 1 aromatic carbocycles. The summed E-state index contributed by atoms with van der Waals surface area (Å²) in [6, 6.07) is 6.19. The molecule has 1 aliphatic rings. The van der Waals surface area contributed by atoms with E-state index in [2.05, 4.69) is 19.9 Å². The van der Waals surface area contributed by atoms with Gasteiger partial charge < -0.3 is 9.47 Å². The van der Waals surface area contributed by atoms with Crippen molar-refractivity contribution in [1.82, 2.24) is 0 Å².